The molecule has 1 saturated carbocycles. The number of anilines is 1. The zero-order chi connectivity index (χ0) is 14.0. The van der Waals surface area contributed by atoms with Gasteiger partial charge in [0, 0.05) is 6.04 Å². The van der Waals surface area contributed by atoms with Crippen molar-refractivity contribution in [2.45, 2.75) is 39.2 Å². The zero-order valence-corrected chi connectivity index (χ0v) is 11.6. The van der Waals surface area contributed by atoms with E-state index in [2.05, 4.69) is 20.8 Å². The van der Waals surface area contributed by atoms with Gasteiger partial charge in [0.05, 0.1) is 5.41 Å². The maximum atomic E-state index is 11.8. The highest BCUT2D eigenvalue weighted by Crippen LogP contribution is 2.38. The molecule has 1 aromatic heterocycles. The zero-order valence-electron chi connectivity index (χ0n) is 10.8. The van der Waals surface area contributed by atoms with E-state index in [9.17, 15) is 14.7 Å². The standard InChI is InChI=1S/C11H16N4O3S/c1-6-14-15-10(19-6)13-9(18)12-7-4-3-5-11(7,2)8(16)17/h7H,3-5H2,1-2H3,(H,16,17)(H2,12,13,15,18). The molecule has 2 amide bonds. The van der Waals surface area contributed by atoms with Crippen LogP contribution in [-0.4, -0.2) is 33.3 Å². The maximum Gasteiger partial charge on any atom is 0.321 e. The number of carboxylic acids is 1. The van der Waals surface area contributed by atoms with Crippen LogP contribution in [0.2, 0.25) is 0 Å². The number of carbonyl (C=O) groups excluding carboxylic acids is 1. The van der Waals surface area contributed by atoms with Crippen LogP contribution in [0.5, 0.6) is 0 Å². The molecule has 0 aromatic carbocycles. The van der Waals surface area contributed by atoms with E-state index in [1.165, 1.54) is 11.3 Å². The van der Waals surface area contributed by atoms with Gasteiger partial charge in [0.25, 0.3) is 0 Å². The lowest BCUT2D eigenvalue weighted by atomic mass is 9.85. The van der Waals surface area contributed by atoms with E-state index in [-0.39, 0.29) is 6.04 Å². The van der Waals surface area contributed by atoms with Gasteiger partial charge in [0.15, 0.2) is 0 Å². The van der Waals surface area contributed by atoms with Crippen molar-refractivity contribution in [1.82, 2.24) is 15.5 Å². The molecule has 2 rings (SSSR count). The second-order valence-corrected chi connectivity index (χ2v) is 6.07. The molecule has 8 heteroatoms. The fourth-order valence-electron chi connectivity index (χ4n) is 2.29. The van der Waals surface area contributed by atoms with Crippen LogP contribution in [0, 0.1) is 12.3 Å². The van der Waals surface area contributed by atoms with E-state index in [0.29, 0.717) is 18.0 Å². The number of carbonyl (C=O) groups is 2. The summed E-state index contributed by atoms with van der Waals surface area (Å²) in [6.45, 7) is 3.46. The number of nitrogens with one attached hydrogen (secondary N) is 2. The molecule has 3 N–H and O–H groups in total. The normalized spacial score (nSPS) is 26.1. The van der Waals surface area contributed by atoms with Crippen molar-refractivity contribution in [3.8, 4) is 0 Å². The highest BCUT2D eigenvalue weighted by Gasteiger charge is 2.45. The van der Waals surface area contributed by atoms with Crippen LogP contribution in [-0.2, 0) is 4.79 Å². The predicted octanol–water partition coefficient (Wildman–Crippen LogP) is 1.61. The van der Waals surface area contributed by atoms with Gasteiger partial charge in [-0.1, -0.05) is 17.8 Å². The van der Waals surface area contributed by atoms with Crippen LogP contribution in [0.15, 0.2) is 0 Å². The molecule has 1 aliphatic carbocycles. The van der Waals surface area contributed by atoms with Gasteiger partial charge >= 0.3 is 12.0 Å². The van der Waals surface area contributed by atoms with E-state index in [0.717, 1.165) is 11.4 Å². The van der Waals surface area contributed by atoms with Crippen molar-refractivity contribution in [2.75, 3.05) is 5.32 Å². The molecule has 2 unspecified atom stereocenters. The number of aryl methyl sites for hydroxylation is 1. The van der Waals surface area contributed by atoms with Gasteiger partial charge in [-0.3, -0.25) is 10.1 Å². The molecule has 0 aliphatic heterocycles. The Morgan fingerprint density at radius 3 is 2.79 bits per heavy atom. The number of hydrogen-bond acceptors (Lipinski definition) is 5. The molecule has 7 nitrogen and oxygen atoms in total. The first-order chi connectivity index (χ1) is 8.91. The molecule has 1 fully saturated rings. The molecule has 2 atom stereocenters. The van der Waals surface area contributed by atoms with Crippen LogP contribution in [0.1, 0.15) is 31.2 Å². The molecular formula is C11H16N4O3S. The molecule has 19 heavy (non-hydrogen) atoms. The largest absolute Gasteiger partial charge is 0.481 e. The monoisotopic (exact) mass is 284 g/mol. The van der Waals surface area contributed by atoms with Gasteiger partial charge in [-0.05, 0) is 26.7 Å². The predicted molar refractivity (Wildman–Crippen MR) is 70.2 cm³/mol. The van der Waals surface area contributed by atoms with Crippen LogP contribution in [0.25, 0.3) is 0 Å². The molecule has 104 valence electrons. The highest BCUT2D eigenvalue weighted by atomic mass is 32.1. The summed E-state index contributed by atoms with van der Waals surface area (Å²) in [5, 5.41) is 23.3. The number of carboxylic acid groups (broad SMARTS) is 1. The molecule has 0 bridgehead atoms. The quantitative estimate of drug-likeness (QED) is 0.782. The van der Waals surface area contributed by atoms with E-state index in [1.54, 1.807) is 13.8 Å². The Morgan fingerprint density at radius 2 is 2.21 bits per heavy atom. The maximum absolute atomic E-state index is 11.8. The third-order valence-electron chi connectivity index (χ3n) is 3.50. The minimum absolute atomic E-state index is 0.362. The Hall–Kier alpha value is -1.70. The molecule has 0 radical (unpaired) electrons. The van der Waals surface area contributed by atoms with Crippen molar-refractivity contribution in [3.05, 3.63) is 5.01 Å². The Bertz CT molecular complexity index is 504. The minimum Gasteiger partial charge on any atom is -0.481 e. The van der Waals surface area contributed by atoms with Crippen molar-refractivity contribution in [2.24, 2.45) is 5.41 Å². The third kappa shape index (κ3) is 2.83. The number of aliphatic carboxylic acids is 1. The lowest BCUT2D eigenvalue weighted by Crippen LogP contribution is -2.48. The van der Waals surface area contributed by atoms with Gasteiger partial charge in [-0.25, -0.2) is 4.79 Å². The van der Waals surface area contributed by atoms with Crippen LogP contribution in [0.4, 0.5) is 9.93 Å². The minimum atomic E-state index is -0.894. The second kappa shape index (κ2) is 5.12. The van der Waals surface area contributed by atoms with Crippen molar-refractivity contribution >= 4 is 28.5 Å². The van der Waals surface area contributed by atoms with E-state index >= 15 is 0 Å². The first-order valence-corrected chi connectivity index (χ1v) is 6.84. The summed E-state index contributed by atoms with van der Waals surface area (Å²) in [7, 11) is 0. The Morgan fingerprint density at radius 1 is 1.47 bits per heavy atom. The van der Waals surface area contributed by atoms with Crippen LogP contribution in [0.3, 0.4) is 0 Å². The summed E-state index contributed by atoms with van der Waals surface area (Å²) in [4.78, 5) is 23.1. The Kier molecular flexibility index (Phi) is 3.70. The van der Waals surface area contributed by atoms with E-state index in [4.69, 9.17) is 0 Å². The van der Waals surface area contributed by atoms with E-state index < -0.39 is 17.4 Å². The van der Waals surface area contributed by atoms with Gasteiger partial charge in [0.1, 0.15) is 5.01 Å². The number of hydrogen-bond donors (Lipinski definition) is 3. The SMILES string of the molecule is Cc1nnc(NC(=O)NC2CCCC2(C)C(=O)O)s1. The highest BCUT2D eigenvalue weighted by molar-refractivity contribution is 7.15. The van der Waals surface area contributed by atoms with Gasteiger partial charge in [-0.15, -0.1) is 10.2 Å². The van der Waals surface area contributed by atoms with Crippen molar-refractivity contribution in [1.29, 1.82) is 0 Å². The Labute approximate surface area is 114 Å². The number of rotatable bonds is 3. The van der Waals surface area contributed by atoms with Crippen molar-refractivity contribution < 1.29 is 14.7 Å². The molecule has 0 saturated heterocycles. The average Bonchev–Trinajstić information content (AvgIpc) is 2.87. The first kappa shape index (κ1) is 13.7. The summed E-state index contributed by atoms with van der Waals surface area (Å²) in [5.41, 5.74) is -0.894. The van der Waals surface area contributed by atoms with E-state index in [1.807, 2.05) is 0 Å². The summed E-state index contributed by atoms with van der Waals surface area (Å²) in [6, 6.07) is -0.797. The van der Waals surface area contributed by atoms with Gasteiger partial charge < -0.3 is 10.4 Å². The van der Waals surface area contributed by atoms with Gasteiger partial charge in [-0.2, -0.15) is 0 Å². The second-order valence-electron chi connectivity index (χ2n) is 4.89. The first-order valence-electron chi connectivity index (χ1n) is 6.03. The molecular weight excluding hydrogens is 268 g/mol. The van der Waals surface area contributed by atoms with Crippen LogP contribution >= 0.6 is 11.3 Å². The fourth-order valence-corrected chi connectivity index (χ4v) is 2.88. The molecule has 0 spiro atoms. The lowest BCUT2D eigenvalue weighted by molar-refractivity contribution is -0.148. The molecule has 1 aliphatic rings. The fraction of sp³-hybridized carbons (Fsp3) is 0.636. The number of aromatic nitrogens is 2. The number of amides is 2. The summed E-state index contributed by atoms with van der Waals surface area (Å²) < 4.78 is 0. The topological polar surface area (TPSA) is 104 Å². The van der Waals surface area contributed by atoms with Crippen molar-refractivity contribution in [3.63, 3.8) is 0 Å². The van der Waals surface area contributed by atoms with Gasteiger partial charge in [0.2, 0.25) is 5.13 Å². The average molecular weight is 284 g/mol. The summed E-state index contributed by atoms with van der Waals surface area (Å²) in [5.74, 6) is -0.873. The summed E-state index contributed by atoms with van der Waals surface area (Å²) >= 11 is 1.27. The third-order valence-corrected chi connectivity index (χ3v) is 4.25. The Balaban J connectivity index is 1.97. The molecule has 1 aromatic rings. The van der Waals surface area contributed by atoms with Crippen LogP contribution < -0.4 is 10.6 Å². The molecule has 1 heterocycles. The number of nitrogens with zero attached hydrogens (tertiary/aromatic N) is 2. The smallest absolute Gasteiger partial charge is 0.321 e. The lowest BCUT2D eigenvalue weighted by Gasteiger charge is -2.27. The summed E-state index contributed by atoms with van der Waals surface area (Å²) in [6.07, 6.45) is 2.04. The number of urea groups is 1.